The van der Waals surface area contributed by atoms with E-state index < -0.39 is 18.1 Å². The maximum Gasteiger partial charge on any atom is 0.266 e. The Balaban J connectivity index is 1.33. The Morgan fingerprint density at radius 1 is 0.659 bits per heavy atom. The van der Waals surface area contributed by atoms with E-state index in [1.54, 1.807) is 29.3 Å². The maximum atomic E-state index is 13.9. The number of carbonyl (C=O) groups is 2. The van der Waals surface area contributed by atoms with Gasteiger partial charge in [-0.15, -0.1) is 0 Å². The summed E-state index contributed by atoms with van der Waals surface area (Å²) in [5, 5.41) is 1.72. The van der Waals surface area contributed by atoms with Gasteiger partial charge in [0.1, 0.15) is 17.4 Å². The van der Waals surface area contributed by atoms with Crippen LogP contribution >= 0.6 is 0 Å². The zero-order valence-corrected chi connectivity index (χ0v) is 24.0. The number of anilines is 2. The molecule has 0 radical (unpaired) electrons. The van der Waals surface area contributed by atoms with E-state index in [0.717, 1.165) is 29.8 Å². The minimum absolute atomic E-state index is 0.269. The minimum atomic E-state index is -0.910. The Kier molecular flexibility index (Phi) is 9.57. The van der Waals surface area contributed by atoms with Gasteiger partial charge in [0.15, 0.2) is 6.10 Å². The van der Waals surface area contributed by atoms with Gasteiger partial charge < -0.3 is 9.47 Å². The van der Waals surface area contributed by atoms with Gasteiger partial charge in [-0.25, -0.2) is 9.96 Å². The third-order valence-corrected chi connectivity index (χ3v) is 7.68. The second kappa shape index (κ2) is 13.7. The van der Waals surface area contributed by atoms with E-state index in [9.17, 15) is 9.59 Å². The van der Waals surface area contributed by atoms with Crippen molar-refractivity contribution in [1.29, 1.82) is 0 Å². The Hall–Kier alpha value is -3.84. The molecule has 41 heavy (non-hydrogen) atoms. The van der Waals surface area contributed by atoms with Gasteiger partial charge in [-0.3, -0.25) is 14.4 Å². The number of hydrogen-bond acceptors (Lipinski definition) is 6. The normalized spacial score (nSPS) is 20.0. The monoisotopic (exact) mass is 556 g/mol. The molecular weight excluding hydrogens is 516 g/mol. The van der Waals surface area contributed by atoms with E-state index in [1.165, 1.54) is 37.0 Å². The molecule has 2 heterocycles. The first-order valence-electron chi connectivity index (χ1n) is 15.0. The van der Waals surface area contributed by atoms with Crippen LogP contribution in [0.1, 0.15) is 70.4 Å². The van der Waals surface area contributed by atoms with Gasteiger partial charge in [-0.05, 0) is 66.9 Å². The summed E-state index contributed by atoms with van der Waals surface area (Å²) in [6.45, 7) is 5.56. The van der Waals surface area contributed by atoms with E-state index in [1.807, 2.05) is 61.5 Å². The molecule has 3 aromatic rings. The van der Waals surface area contributed by atoms with Crippen LogP contribution in [0.5, 0.6) is 11.5 Å². The number of hydroxylamine groups is 1. The highest BCUT2D eigenvalue weighted by molar-refractivity contribution is 6.23. The highest BCUT2D eigenvalue weighted by Crippen LogP contribution is 2.47. The van der Waals surface area contributed by atoms with Crippen molar-refractivity contribution in [2.45, 2.75) is 70.9 Å². The number of benzene rings is 3. The van der Waals surface area contributed by atoms with Crippen LogP contribution in [0.15, 0.2) is 78.9 Å². The quantitative estimate of drug-likeness (QED) is 0.154. The number of hydrogen-bond donors (Lipinski definition) is 0. The number of ether oxygens (including phenoxy) is 2. The molecule has 2 aliphatic rings. The molecule has 0 aromatic heterocycles. The minimum Gasteiger partial charge on any atom is -0.494 e. The fraction of sp³-hybridized carbons (Fsp3) is 0.412. The first kappa shape index (κ1) is 28.7. The third kappa shape index (κ3) is 6.41. The molecule has 2 aliphatic heterocycles. The Labute approximate surface area is 243 Å². The summed E-state index contributed by atoms with van der Waals surface area (Å²) in [5.74, 6) is 0.190. The van der Waals surface area contributed by atoms with E-state index in [-0.39, 0.29) is 11.8 Å². The number of fused-ring (bicyclic) bond motifs is 1. The zero-order valence-electron chi connectivity index (χ0n) is 24.0. The molecule has 216 valence electrons. The van der Waals surface area contributed by atoms with E-state index in [2.05, 4.69) is 6.92 Å². The molecule has 0 spiro atoms. The van der Waals surface area contributed by atoms with E-state index >= 15 is 0 Å². The van der Waals surface area contributed by atoms with Crippen molar-refractivity contribution in [2.24, 2.45) is 5.92 Å². The van der Waals surface area contributed by atoms with Crippen molar-refractivity contribution in [2.75, 3.05) is 23.2 Å². The lowest BCUT2D eigenvalue weighted by Gasteiger charge is -2.29. The number of rotatable bonds is 14. The molecule has 5 rings (SSSR count). The lowest BCUT2D eigenvalue weighted by Crippen LogP contribution is -2.37. The van der Waals surface area contributed by atoms with Gasteiger partial charge in [0, 0.05) is 0 Å². The van der Waals surface area contributed by atoms with E-state index in [0.29, 0.717) is 24.7 Å². The van der Waals surface area contributed by atoms with Crippen LogP contribution in [0, 0.1) is 5.92 Å². The summed E-state index contributed by atoms with van der Waals surface area (Å²) >= 11 is 0. The number of amides is 2. The molecule has 2 fully saturated rings. The zero-order chi connectivity index (χ0) is 28.6. The SMILES string of the molecule is CCCCCCCCOc1ccc([C@@H]2[C@H]3C(=O)N(c4ccc(OCCC)cc4)C(=O)[C@@H]3ON2c2ccccc2)cc1. The molecule has 3 atom stereocenters. The molecular formula is C34H40N2O5. The second-order valence-electron chi connectivity index (χ2n) is 10.7. The van der Waals surface area contributed by atoms with Crippen LogP contribution in [0.25, 0.3) is 0 Å². The maximum absolute atomic E-state index is 13.9. The van der Waals surface area contributed by atoms with Gasteiger partial charge in [-0.2, -0.15) is 0 Å². The van der Waals surface area contributed by atoms with Crippen LogP contribution in [-0.4, -0.2) is 31.1 Å². The molecule has 2 saturated heterocycles. The fourth-order valence-electron chi connectivity index (χ4n) is 5.55. The van der Waals surface area contributed by atoms with Crippen molar-refractivity contribution in [3.63, 3.8) is 0 Å². The smallest absolute Gasteiger partial charge is 0.266 e. The Morgan fingerprint density at radius 3 is 1.98 bits per heavy atom. The summed E-state index contributed by atoms with van der Waals surface area (Å²) in [6.07, 6.45) is 7.27. The number of carbonyl (C=O) groups excluding carboxylic acids is 2. The summed E-state index contributed by atoms with van der Waals surface area (Å²) < 4.78 is 11.7. The molecule has 3 aromatic carbocycles. The predicted octanol–water partition coefficient (Wildman–Crippen LogP) is 7.27. The van der Waals surface area contributed by atoms with Crippen molar-refractivity contribution >= 4 is 23.2 Å². The largest absolute Gasteiger partial charge is 0.494 e. The molecule has 0 N–H and O–H groups in total. The fourth-order valence-corrected chi connectivity index (χ4v) is 5.55. The first-order chi connectivity index (χ1) is 20.1. The summed E-state index contributed by atoms with van der Waals surface area (Å²) in [4.78, 5) is 35.0. The first-order valence-corrected chi connectivity index (χ1v) is 15.0. The van der Waals surface area contributed by atoms with Crippen molar-refractivity contribution in [3.05, 3.63) is 84.4 Å². The summed E-state index contributed by atoms with van der Waals surface area (Å²) in [6, 6.07) is 24.1. The average Bonchev–Trinajstić information content (AvgIpc) is 3.52. The molecule has 7 nitrogen and oxygen atoms in total. The van der Waals surface area contributed by atoms with Crippen molar-refractivity contribution in [3.8, 4) is 11.5 Å². The van der Waals surface area contributed by atoms with Gasteiger partial charge in [0.05, 0.1) is 30.6 Å². The molecule has 7 heteroatoms. The Bertz CT molecular complexity index is 1280. The standard InChI is InChI=1S/C34H40N2O5/c1-3-5-6-7-8-12-24-40-28-19-15-25(16-20-28)31-30-32(41-36(31)27-13-10-9-11-14-27)34(38)35(33(30)37)26-17-21-29(22-18-26)39-23-4-2/h9-11,13-22,30-32H,3-8,12,23-24H2,1-2H3/t30-,31-,32-/m1/s1. The lowest BCUT2D eigenvalue weighted by atomic mass is 9.90. The van der Waals surface area contributed by atoms with Crippen LogP contribution in [-0.2, 0) is 14.4 Å². The highest BCUT2D eigenvalue weighted by Gasteiger charge is 2.60. The third-order valence-electron chi connectivity index (χ3n) is 7.68. The highest BCUT2D eigenvalue weighted by atomic mass is 16.7. The van der Waals surface area contributed by atoms with E-state index in [4.69, 9.17) is 14.3 Å². The lowest BCUT2D eigenvalue weighted by molar-refractivity contribution is -0.126. The second-order valence-corrected chi connectivity index (χ2v) is 10.7. The Morgan fingerprint density at radius 2 is 1.29 bits per heavy atom. The molecule has 0 aliphatic carbocycles. The van der Waals surface area contributed by atoms with Gasteiger partial charge in [0.25, 0.3) is 5.91 Å². The van der Waals surface area contributed by atoms with Crippen molar-refractivity contribution < 1.29 is 23.9 Å². The summed E-state index contributed by atoms with van der Waals surface area (Å²) in [5.41, 5.74) is 2.20. The van der Waals surface area contributed by atoms with Crippen LogP contribution in [0.4, 0.5) is 11.4 Å². The topological polar surface area (TPSA) is 68.3 Å². The predicted molar refractivity (Wildman–Crippen MR) is 160 cm³/mol. The number of imide groups is 1. The summed E-state index contributed by atoms with van der Waals surface area (Å²) in [7, 11) is 0. The van der Waals surface area contributed by atoms with Crippen LogP contribution in [0.2, 0.25) is 0 Å². The average molecular weight is 557 g/mol. The van der Waals surface area contributed by atoms with Crippen LogP contribution < -0.4 is 19.4 Å². The molecule has 0 unspecified atom stereocenters. The number of para-hydroxylation sites is 1. The molecule has 0 bridgehead atoms. The van der Waals surface area contributed by atoms with Crippen LogP contribution in [0.3, 0.4) is 0 Å². The molecule has 0 saturated carbocycles. The van der Waals surface area contributed by atoms with Gasteiger partial charge in [0.2, 0.25) is 5.91 Å². The number of unbranched alkanes of at least 4 members (excludes halogenated alkanes) is 5. The number of nitrogens with zero attached hydrogens (tertiary/aromatic N) is 2. The molecule has 2 amide bonds. The van der Waals surface area contributed by atoms with Crippen molar-refractivity contribution in [1.82, 2.24) is 0 Å². The van der Waals surface area contributed by atoms with Gasteiger partial charge >= 0.3 is 0 Å². The van der Waals surface area contributed by atoms with Gasteiger partial charge in [-0.1, -0.05) is 76.3 Å².